The molecule has 0 aliphatic rings. The molecule has 8 heteroatoms. The monoisotopic (exact) mass is 356 g/mol. The summed E-state index contributed by atoms with van der Waals surface area (Å²) in [5.41, 5.74) is 0.791. The van der Waals surface area contributed by atoms with Crippen molar-refractivity contribution in [3.8, 4) is 5.75 Å². The molecule has 2 aromatic rings. The van der Waals surface area contributed by atoms with Crippen LogP contribution >= 0.6 is 12.4 Å². The molecule has 0 aliphatic heterocycles. The molecule has 6 nitrogen and oxygen atoms in total. The molecule has 1 aromatic carbocycles. The third kappa shape index (κ3) is 5.50. The maximum atomic E-state index is 12.8. The summed E-state index contributed by atoms with van der Waals surface area (Å²) in [7, 11) is 3.52. The smallest absolute Gasteiger partial charge is 0.241 e. The van der Waals surface area contributed by atoms with Crippen LogP contribution in [0.2, 0.25) is 0 Å². The van der Waals surface area contributed by atoms with E-state index in [0.29, 0.717) is 12.3 Å². The second-order valence-electron chi connectivity index (χ2n) is 5.30. The number of hydrogen-bond donors (Lipinski definition) is 2. The molecule has 0 bridgehead atoms. The van der Waals surface area contributed by atoms with E-state index in [1.807, 2.05) is 6.92 Å². The number of amides is 1. The number of hydrogen-bond acceptors (Lipinski definition) is 4. The summed E-state index contributed by atoms with van der Waals surface area (Å²) in [6.07, 6.45) is 3.20. The highest BCUT2D eigenvalue weighted by Gasteiger charge is 2.20. The van der Waals surface area contributed by atoms with Crippen molar-refractivity contribution in [1.29, 1.82) is 0 Å². The highest BCUT2D eigenvalue weighted by Crippen LogP contribution is 2.13. The molecule has 2 N–H and O–H groups in total. The maximum Gasteiger partial charge on any atom is 0.241 e. The van der Waals surface area contributed by atoms with E-state index in [4.69, 9.17) is 4.74 Å². The molecule has 24 heavy (non-hydrogen) atoms. The minimum absolute atomic E-state index is 0. The van der Waals surface area contributed by atoms with Gasteiger partial charge in [-0.1, -0.05) is 0 Å². The second kappa shape index (κ2) is 9.24. The first-order valence-electron chi connectivity index (χ1n) is 7.35. The van der Waals surface area contributed by atoms with Crippen molar-refractivity contribution in [2.45, 2.75) is 19.1 Å². The Morgan fingerprint density at radius 2 is 2.04 bits per heavy atom. The van der Waals surface area contributed by atoms with Gasteiger partial charge in [0, 0.05) is 18.8 Å². The van der Waals surface area contributed by atoms with Crippen LogP contribution in [0, 0.1) is 5.82 Å². The van der Waals surface area contributed by atoms with Crippen LogP contribution in [0.5, 0.6) is 5.75 Å². The third-order valence-corrected chi connectivity index (χ3v) is 3.32. The Balaban J connectivity index is 0.00000288. The predicted octanol–water partition coefficient (Wildman–Crippen LogP) is 1.83. The quantitative estimate of drug-likeness (QED) is 0.794. The molecule has 1 amide bonds. The molecule has 1 heterocycles. The van der Waals surface area contributed by atoms with Crippen LogP contribution in [0.25, 0.3) is 0 Å². The van der Waals surface area contributed by atoms with E-state index in [1.54, 1.807) is 43.3 Å². The third-order valence-electron chi connectivity index (χ3n) is 3.32. The zero-order valence-electron chi connectivity index (χ0n) is 13.8. The first-order chi connectivity index (χ1) is 11.0. The van der Waals surface area contributed by atoms with E-state index in [2.05, 4.69) is 15.7 Å². The molecule has 0 saturated carbocycles. The lowest BCUT2D eigenvalue weighted by Crippen LogP contribution is -2.40. The van der Waals surface area contributed by atoms with Crippen molar-refractivity contribution < 1.29 is 13.9 Å². The van der Waals surface area contributed by atoms with Crippen molar-refractivity contribution in [3.63, 3.8) is 0 Å². The predicted molar refractivity (Wildman–Crippen MR) is 91.8 cm³/mol. The highest BCUT2D eigenvalue weighted by atomic mass is 35.5. The summed E-state index contributed by atoms with van der Waals surface area (Å²) >= 11 is 0. The number of carbonyl (C=O) groups excluding carboxylic acids is 1. The van der Waals surface area contributed by atoms with Crippen molar-refractivity contribution in [3.05, 3.63) is 48.0 Å². The van der Waals surface area contributed by atoms with Gasteiger partial charge in [-0.2, -0.15) is 5.10 Å². The number of aryl methyl sites for hydroxylation is 1. The molecule has 132 valence electrons. The summed E-state index contributed by atoms with van der Waals surface area (Å²) in [6.45, 7) is 2.18. The Hall–Kier alpha value is -2.12. The number of likely N-dealkylation sites (N-methyl/N-ethyl adjacent to an activating group) is 1. The number of benzene rings is 1. The molecule has 0 fully saturated rings. The van der Waals surface area contributed by atoms with Gasteiger partial charge >= 0.3 is 0 Å². The lowest BCUT2D eigenvalue weighted by molar-refractivity contribution is -0.123. The van der Waals surface area contributed by atoms with Gasteiger partial charge in [0.15, 0.2) is 0 Å². The molecule has 0 aliphatic carbocycles. The van der Waals surface area contributed by atoms with Gasteiger partial charge < -0.3 is 15.4 Å². The Labute approximate surface area is 146 Å². The van der Waals surface area contributed by atoms with Gasteiger partial charge in [-0.05, 0) is 38.2 Å². The molecule has 1 aromatic heterocycles. The average Bonchev–Trinajstić information content (AvgIpc) is 2.94. The summed E-state index contributed by atoms with van der Waals surface area (Å²) < 4.78 is 20.1. The van der Waals surface area contributed by atoms with E-state index in [-0.39, 0.29) is 30.2 Å². The van der Waals surface area contributed by atoms with Crippen LogP contribution in [0.3, 0.4) is 0 Å². The van der Waals surface area contributed by atoms with Gasteiger partial charge in [-0.25, -0.2) is 4.39 Å². The molecule has 2 atom stereocenters. The number of rotatable bonds is 7. The fourth-order valence-electron chi connectivity index (χ4n) is 2.17. The van der Waals surface area contributed by atoms with Gasteiger partial charge in [0.25, 0.3) is 0 Å². The fourth-order valence-corrected chi connectivity index (χ4v) is 2.17. The molecule has 2 rings (SSSR count). The Bertz CT molecular complexity index is 648. The van der Waals surface area contributed by atoms with Crippen LogP contribution in [0.1, 0.15) is 18.5 Å². The maximum absolute atomic E-state index is 12.8. The topological polar surface area (TPSA) is 68.2 Å². The minimum Gasteiger partial charge on any atom is -0.489 e. The normalized spacial score (nSPS) is 12.8. The van der Waals surface area contributed by atoms with Crippen molar-refractivity contribution in [1.82, 2.24) is 20.4 Å². The van der Waals surface area contributed by atoms with Gasteiger partial charge in [0.1, 0.15) is 23.7 Å². The number of carbonyl (C=O) groups is 1. The Kier molecular flexibility index (Phi) is 7.67. The van der Waals surface area contributed by atoms with Crippen molar-refractivity contribution >= 4 is 18.3 Å². The first-order valence-corrected chi connectivity index (χ1v) is 7.35. The molecular formula is C16H22ClFN4O2. The summed E-state index contributed by atoms with van der Waals surface area (Å²) in [5.74, 6) is 0.0901. The minimum atomic E-state index is -0.471. The Morgan fingerprint density at radius 3 is 2.58 bits per heavy atom. The SMILES string of the molecule is CNC(C(=O)NCC(C)Oc1ccc(F)cc1)c1cnn(C)c1.Cl. The van der Waals surface area contributed by atoms with Crippen LogP contribution in [-0.4, -0.2) is 35.4 Å². The summed E-state index contributed by atoms with van der Waals surface area (Å²) in [6, 6.07) is 5.31. The van der Waals surface area contributed by atoms with E-state index in [0.717, 1.165) is 5.56 Å². The lowest BCUT2D eigenvalue weighted by atomic mass is 10.1. The zero-order valence-corrected chi connectivity index (χ0v) is 14.6. The van der Waals surface area contributed by atoms with Crippen LogP contribution < -0.4 is 15.4 Å². The van der Waals surface area contributed by atoms with E-state index in [9.17, 15) is 9.18 Å². The van der Waals surface area contributed by atoms with Gasteiger partial charge in [0.2, 0.25) is 5.91 Å². The second-order valence-corrected chi connectivity index (χ2v) is 5.30. The van der Waals surface area contributed by atoms with E-state index >= 15 is 0 Å². The van der Waals surface area contributed by atoms with Crippen LogP contribution in [0.4, 0.5) is 4.39 Å². The van der Waals surface area contributed by atoms with Gasteiger partial charge in [0.05, 0.1) is 12.7 Å². The molecular weight excluding hydrogens is 335 g/mol. The van der Waals surface area contributed by atoms with Gasteiger partial charge in [-0.15, -0.1) is 12.4 Å². The number of nitrogens with one attached hydrogen (secondary N) is 2. The fraction of sp³-hybridized carbons (Fsp3) is 0.375. The largest absolute Gasteiger partial charge is 0.489 e. The number of halogens is 2. The molecule has 0 radical (unpaired) electrons. The average molecular weight is 357 g/mol. The number of aromatic nitrogens is 2. The number of ether oxygens (including phenoxy) is 1. The first kappa shape index (κ1) is 19.9. The van der Waals surface area contributed by atoms with Crippen LogP contribution in [0.15, 0.2) is 36.7 Å². The van der Waals surface area contributed by atoms with Crippen LogP contribution in [-0.2, 0) is 11.8 Å². The van der Waals surface area contributed by atoms with Crippen molar-refractivity contribution in [2.24, 2.45) is 7.05 Å². The van der Waals surface area contributed by atoms with Gasteiger partial charge in [-0.3, -0.25) is 9.48 Å². The summed E-state index contributed by atoms with van der Waals surface area (Å²) in [5, 5.41) is 9.87. The Morgan fingerprint density at radius 1 is 1.38 bits per heavy atom. The zero-order chi connectivity index (χ0) is 16.8. The number of nitrogens with zero attached hydrogens (tertiary/aromatic N) is 2. The molecule has 0 spiro atoms. The highest BCUT2D eigenvalue weighted by molar-refractivity contribution is 5.85. The van der Waals surface area contributed by atoms with Crippen molar-refractivity contribution in [2.75, 3.05) is 13.6 Å². The lowest BCUT2D eigenvalue weighted by Gasteiger charge is -2.18. The standard InChI is InChI=1S/C16H21FN4O2.ClH/c1-11(23-14-6-4-13(17)5-7-14)8-19-16(22)15(18-2)12-9-20-21(3)10-12;/h4-7,9-11,15,18H,8H2,1-3H3,(H,19,22);1H. The molecule has 0 saturated heterocycles. The van der Waals surface area contributed by atoms with E-state index in [1.165, 1.54) is 12.1 Å². The van der Waals surface area contributed by atoms with E-state index < -0.39 is 6.04 Å². The summed E-state index contributed by atoms with van der Waals surface area (Å²) in [4.78, 5) is 12.3. The molecule has 2 unspecified atom stereocenters.